The Morgan fingerprint density at radius 3 is 2.89 bits per heavy atom. The molecule has 0 spiro atoms. The molecule has 0 saturated carbocycles. The highest BCUT2D eigenvalue weighted by atomic mass is 15.2. The molecule has 3 N–H and O–H groups in total. The number of anilines is 2. The number of nitrogens with two attached hydrogens (primary N) is 1. The topological polar surface area (TPSA) is 67.1 Å². The Hall–Kier alpha value is -1.36. The minimum atomic E-state index is 0.369. The molecule has 1 unspecified atom stereocenters. The second kappa shape index (κ2) is 6.19. The lowest BCUT2D eigenvalue weighted by atomic mass is 10.0. The number of aromatic nitrogens is 2. The van der Waals surface area contributed by atoms with Gasteiger partial charge in [-0.1, -0.05) is 0 Å². The number of hydrogen-bond donors (Lipinski definition) is 2. The lowest BCUT2D eigenvalue weighted by molar-refractivity contribution is 0.461. The van der Waals surface area contributed by atoms with Crippen molar-refractivity contribution in [3.05, 3.63) is 11.9 Å². The second-order valence-electron chi connectivity index (χ2n) is 5.54. The Kier molecular flexibility index (Phi) is 4.58. The third-order valence-corrected chi connectivity index (χ3v) is 3.45. The van der Waals surface area contributed by atoms with Crippen molar-refractivity contribution in [1.29, 1.82) is 0 Å². The lowest BCUT2D eigenvalue weighted by Crippen LogP contribution is -2.44. The van der Waals surface area contributed by atoms with Gasteiger partial charge in [-0.2, -0.15) is 0 Å². The van der Waals surface area contributed by atoms with Crippen LogP contribution in [0.1, 0.15) is 38.9 Å². The summed E-state index contributed by atoms with van der Waals surface area (Å²) in [5.74, 6) is 2.71. The summed E-state index contributed by atoms with van der Waals surface area (Å²) in [6, 6.07) is 2.82. The van der Waals surface area contributed by atoms with Gasteiger partial charge in [0.2, 0.25) is 0 Å². The maximum Gasteiger partial charge on any atom is 0.134 e. The van der Waals surface area contributed by atoms with Crippen LogP contribution in [0.4, 0.5) is 11.6 Å². The predicted molar refractivity (Wildman–Crippen MR) is 79.6 cm³/mol. The number of nitrogens with zero attached hydrogens (tertiary/aromatic N) is 3. The Morgan fingerprint density at radius 1 is 1.42 bits per heavy atom. The van der Waals surface area contributed by atoms with Crippen molar-refractivity contribution >= 4 is 11.6 Å². The Morgan fingerprint density at radius 2 is 2.21 bits per heavy atom. The van der Waals surface area contributed by atoms with E-state index in [4.69, 9.17) is 5.73 Å². The van der Waals surface area contributed by atoms with Crippen molar-refractivity contribution in [1.82, 2.24) is 9.97 Å². The smallest absolute Gasteiger partial charge is 0.134 e. The fourth-order valence-electron chi connectivity index (χ4n) is 2.62. The molecular formula is C14H25N5. The van der Waals surface area contributed by atoms with E-state index < -0.39 is 0 Å². The number of hydrogen-bond acceptors (Lipinski definition) is 5. The molecule has 106 valence electrons. The summed E-state index contributed by atoms with van der Waals surface area (Å²) >= 11 is 0. The summed E-state index contributed by atoms with van der Waals surface area (Å²) < 4.78 is 0. The summed E-state index contributed by atoms with van der Waals surface area (Å²) in [4.78, 5) is 11.4. The minimum absolute atomic E-state index is 0.369. The molecule has 1 aromatic heterocycles. The molecule has 0 radical (unpaired) electrons. The van der Waals surface area contributed by atoms with E-state index in [-0.39, 0.29) is 0 Å². The highest BCUT2D eigenvalue weighted by molar-refractivity contribution is 5.50. The van der Waals surface area contributed by atoms with Gasteiger partial charge >= 0.3 is 0 Å². The maximum absolute atomic E-state index is 5.89. The van der Waals surface area contributed by atoms with E-state index >= 15 is 0 Å². The van der Waals surface area contributed by atoms with E-state index in [0.717, 1.165) is 30.4 Å². The third-order valence-electron chi connectivity index (χ3n) is 3.45. The van der Waals surface area contributed by atoms with Gasteiger partial charge in [-0.05, 0) is 40.0 Å². The van der Waals surface area contributed by atoms with Gasteiger partial charge in [0.25, 0.3) is 0 Å². The van der Waals surface area contributed by atoms with Gasteiger partial charge in [-0.15, -0.1) is 0 Å². The van der Waals surface area contributed by atoms with Gasteiger partial charge in [0, 0.05) is 31.2 Å². The summed E-state index contributed by atoms with van der Waals surface area (Å²) in [6.07, 6.45) is 3.64. The van der Waals surface area contributed by atoms with Crippen molar-refractivity contribution in [2.24, 2.45) is 5.73 Å². The molecule has 2 rings (SSSR count). The Balaban J connectivity index is 2.24. The van der Waals surface area contributed by atoms with Crippen LogP contribution in [0.2, 0.25) is 0 Å². The Bertz CT molecular complexity index is 418. The van der Waals surface area contributed by atoms with Crippen LogP contribution < -0.4 is 16.0 Å². The fourth-order valence-corrected chi connectivity index (χ4v) is 2.62. The molecule has 0 bridgehead atoms. The van der Waals surface area contributed by atoms with Gasteiger partial charge in [-0.3, -0.25) is 0 Å². The van der Waals surface area contributed by atoms with Crippen LogP contribution in [-0.2, 0) is 0 Å². The molecule has 0 aromatic carbocycles. The highest BCUT2D eigenvalue weighted by Crippen LogP contribution is 2.24. The van der Waals surface area contributed by atoms with Crippen molar-refractivity contribution in [3.63, 3.8) is 0 Å². The fraction of sp³-hybridized carbons (Fsp3) is 0.714. The Labute approximate surface area is 115 Å². The van der Waals surface area contributed by atoms with Gasteiger partial charge in [-0.25, -0.2) is 9.97 Å². The average Bonchev–Trinajstić information content (AvgIpc) is 2.37. The molecule has 5 heteroatoms. The van der Waals surface area contributed by atoms with Gasteiger partial charge in [0.1, 0.15) is 17.5 Å². The van der Waals surface area contributed by atoms with Gasteiger partial charge < -0.3 is 16.0 Å². The first-order chi connectivity index (χ1) is 9.10. The van der Waals surface area contributed by atoms with E-state index in [1.165, 1.54) is 12.8 Å². The summed E-state index contributed by atoms with van der Waals surface area (Å²) in [5.41, 5.74) is 5.89. The molecule has 1 aliphatic rings. The largest absolute Gasteiger partial charge is 0.368 e. The van der Waals surface area contributed by atoms with Crippen molar-refractivity contribution in [3.8, 4) is 0 Å². The normalized spacial score (nSPS) is 19.8. The predicted octanol–water partition coefficient (Wildman–Crippen LogP) is 1.92. The van der Waals surface area contributed by atoms with Crippen LogP contribution in [0.15, 0.2) is 6.07 Å². The number of rotatable bonds is 4. The number of piperidine rings is 1. The van der Waals surface area contributed by atoms with Crippen LogP contribution >= 0.6 is 0 Å². The quantitative estimate of drug-likeness (QED) is 0.868. The second-order valence-corrected chi connectivity index (χ2v) is 5.54. The van der Waals surface area contributed by atoms with Gasteiger partial charge in [0.15, 0.2) is 0 Å². The van der Waals surface area contributed by atoms with E-state index in [9.17, 15) is 0 Å². The molecule has 1 aromatic rings. The van der Waals surface area contributed by atoms with E-state index in [0.29, 0.717) is 18.6 Å². The molecule has 0 aliphatic carbocycles. The van der Waals surface area contributed by atoms with Crippen LogP contribution in [0, 0.1) is 6.92 Å². The third kappa shape index (κ3) is 3.56. The zero-order valence-electron chi connectivity index (χ0n) is 12.2. The van der Waals surface area contributed by atoms with Crippen molar-refractivity contribution < 1.29 is 0 Å². The highest BCUT2D eigenvalue weighted by Gasteiger charge is 2.23. The first-order valence-corrected chi connectivity index (χ1v) is 7.19. The molecule has 1 aliphatic heterocycles. The monoisotopic (exact) mass is 263 g/mol. The number of nitrogens with one attached hydrogen (secondary N) is 1. The zero-order chi connectivity index (χ0) is 13.8. The molecule has 1 atom stereocenters. The minimum Gasteiger partial charge on any atom is -0.368 e. The molecule has 19 heavy (non-hydrogen) atoms. The summed E-state index contributed by atoms with van der Waals surface area (Å²) in [5, 5.41) is 3.35. The molecular weight excluding hydrogens is 238 g/mol. The SMILES string of the molecule is Cc1nc(NC(C)C)cc(N2CCCCC2CN)n1. The van der Waals surface area contributed by atoms with Crippen LogP contribution in [-0.4, -0.2) is 35.1 Å². The first kappa shape index (κ1) is 14.1. The average molecular weight is 263 g/mol. The van der Waals surface area contributed by atoms with Crippen molar-refractivity contribution in [2.75, 3.05) is 23.3 Å². The molecule has 1 fully saturated rings. The standard InChI is InChI=1S/C14H25N5/c1-10(2)16-13-8-14(18-11(3)17-13)19-7-5-4-6-12(19)9-15/h8,10,12H,4-7,9,15H2,1-3H3,(H,16,17,18). The van der Waals surface area contributed by atoms with E-state index in [1.54, 1.807) is 0 Å². The summed E-state index contributed by atoms with van der Waals surface area (Å²) in [7, 11) is 0. The summed E-state index contributed by atoms with van der Waals surface area (Å²) in [6.45, 7) is 7.90. The molecule has 5 nitrogen and oxygen atoms in total. The van der Waals surface area contributed by atoms with Crippen LogP contribution in [0.5, 0.6) is 0 Å². The van der Waals surface area contributed by atoms with Crippen molar-refractivity contribution in [2.45, 2.75) is 52.1 Å². The zero-order valence-corrected chi connectivity index (χ0v) is 12.2. The number of aryl methyl sites for hydroxylation is 1. The van der Waals surface area contributed by atoms with Crippen LogP contribution in [0.3, 0.4) is 0 Å². The first-order valence-electron chi connectivity index (χ1n) is 7.19. The van der Waals surface area contributed by atoms with Crippen LogP contribution in [0.25, 0.3) is 0 Å². The van der Waals surface area contributed by atoms with E-state index in [1.807, 2.05) is 13.0 Å². The lowest BCUT2D eigenvalue weighted by Gasteiger charge is -2.36. The molecule has 0 amide bonds. The maximum atomic E-state index is 5.89. The molecule has 2 heterocycles. The van der Waals surface area contributed by atoms with E-state index in [2.05, 4.69) is 34.0 Å². The van der Waals surface area contributed by atoms with Gasteiger partial charge in [0.05, 0.1) is 0 Å². The molecule has 1 saturated heterocycles.